The Hall–Kier alpha value is -1.81. The fraction of sp³-hybridized carbons (Fsp3) is 0.429. The topological polar surface area (TPSA) is 137 Å². The second kappa shape index (κ2) is 3.89. The molecule has 4 N–H and O–H groups in total. The molecule has 9 nitrogen and oxygen atoms in total. The van der Waals surface area contributed by atoms with Crippen molar-refractivity contribution in [1.29, 1.82) is 0 Å². The smallest absolute Gasteiger partial charge is 0.405 e. The van der Waals surface area contributed by atoms with Gasteiger partial charge in [0.1, 0.15) is 6.61 Å². The summed E-state index contributed by atoms with van der Waals surface area (Å²) in [5.74, 6) is 0.0379. The van der Waals surface area contributed by atoms with E-state index in [2.05, 4.69) is 10.4 Å². The van der Waals surface area contributed by atoms with Gasteiger partial charge in [0, 0.05) is 0 Å². The van der Waals surface area contributed by atoms with Crippen LogP contribution in [0.4, 0.5) is 4.79 Å². The molecule has 0 bridgehead atoms. The number of carboxylic acid groups (broad SMARTS) is 1. The highest BCUT2D eigenvalue weighted by atomic mass is 32.2. The van der Waals surface area contributed by atoms with Gasteiger partial charge in [-0.1, -0.05) is 0 Å². The van der Waals surface area contributed by atoms with Crippen molar-refractivity contribution in [3.8, 4) is 5.88 Å². The number of amides is 1. The summed E-state index contributed by atoms with van der Waals surface area (Å²) in [6.07, 6.45) is -0.103. The van der Waals surface area contributed by atoms with Crippen LogP contribution in [0.3, 0.4) is 0 Å². The first-order valence-corrected chi connectivity index (χ1v) is 6.13. The van der Waals surface area contributed by atoms with Crippen LogP contribution >= 0.6 is 0 Å². The molecule has 0 fully saturated rings. The lowest BCUT2D eigenvalue weighted by atomic mass is 10.3. The molecular weight excluding hydrogens is 252 g/mol. The number of hydrogen-bond donors (Lipinski definition) is 3. The standard InChI is InChI=1S/C7H10N4O5S/c8-17(14,15)5-1-9-11-2-4(10-7(12)13)3-16-6(5)11/h1,4,10H,2-3H2,(H,12,13)(H2,8,14,15). The van der Waals surface area contributed by atoms with Gasteiger partial charge < -0.3 is 15.2 Å². The van der Waals surface area contributed by atoms with Crippen molar-refractivity contribution >= 4 is 16.1 Å². The Labute approximate surface area is 96.2 Å². The number of nitrogens with zero attached hydrogens (tertiary/aromatic N) is 2. The number of rotatable bonds is 2. The van der Waals surface area contributed by atoms with Crippen molar-refractivity contribution < 1.29 is 23.1 Å². The van der Waals surface area contributed by atoms with E-state index >= 15 is 0 Å². The third kappa shape index (κ3) is 2.31. The van der Waals surface area contributed by atoms with Gasteiger partial charge in [-0.2, -0.15) is 5.10 Å². The molecule has 2 heterocycles. The lowest BCUT2D eigenvalue weighted by molar-refractivity contribution is 0.155. The zero-order valence-corrected chi connectivity index (χ0v) is 9.35. The largest absolute Gasteiger partial charge is 0.475 e. The number of carbonyl (C=O) groups is 1. The summed E-state index contributed by atoms with van der Waals surface area (Å²) in [4.78, 5) is 10.2. The van der Waals surface area contributed by atoms with E-state index in [1.165, 1.54) is 4.68 Å². The van der Waals surface area contributed by atoms with Gasteiger partial charge in [0.25, 0.3) is 0 Å². The Balaban J connectivity index is 2.25. The second-order valence-electron chi connectivity index (χ2n) is 3.50. The van der Waals surface area contributed by atoms with E-state index in [-0.39, 0.29) is 23.9 Å². The number of hydrogen-bond acceptors (Lipinski definition) is 5. The minimum atomic E-state index is -3.89. The quantitative estimate of drug-likeness (QED) is 0.597. The van der Waals surface area contributed by atoms with Gasteiger partial charge in [-0.3, -0.25) is 0 Å². The van der Waals surface area contributed by atoms with Crippen LogP contribution in [-0.4, -0.2) is 42.0 Å². The van der Waals surface area contributed by atoms with Crippen molar-refractivity contribution in [1.82, 2.24) is 15.1 Å². The Morgan fingerprint density at radius 3 is 3.00 bits per heavy atom. The second-order valence-corrected chi connectivity index (χ2v) is 5.03. The number of sulfonamides is 1. The monoisotopic (exact) mass is 262 g/mol. The third-order valence-electron chi connectivity index (χ3n) is 2.21. The molecule has 1 aliphatic heterocycles. The summed E-state index contributed by atoms with van der Waals surface area (Å²) in [5, 5.41) is 19.5. The summed E-state index contributed by atoms with van der Waals surface area (Å²) < 4.78 is 28.7. The summed E-state index contributed by atoms with van der Waals surface area (Å²) in [6, 6.07) is -0.478. The van der Waals surface area contributed by atoms with Crippen molar-refractivity contribution in [2.24, 2.45) is 5.14 Å². The molecule has 0 aliphatic carbocycles. The predicted octanol–water partition coefficient (Wildman–Crippen LogP) is -1.44. The van der Waals surface area contributed by atoms with Crippen molar-refractivity contribution in [3.63, 3.8) is 0 Å². The molecule has 0 saturated carbocycles. The van der Waals surface area contributed by atoms with Crippen LogP contribution in [0.1, 0.15) is 0 Å². The molecule has 1 aromatic heterocycles. The van der Waals surface area contributed by atoms with Gasteiger partial charge in [0.05, 0.1) is 18.8 Å². The Morgan fingerprint density at radius 1 is 1.71 bits per heavy atom. The fourth-order valence-corrected chi connectivity index (χ4v) is 2.13. The normalized spacial score (nSPS) is 19.2. The summed E-state index contributed by atoms with van der Waals surface area (Å²) in [5.41, 5.74) is 0. The molecular formula is C7H10N4O5S. The minimum Gasteiger partial charge on any atom is -0.475 e. The van der Waals surface area contributed by atoms with Crippen LogP contribution in [0.5, 0.6) is 5.88 Å². The van der Waals surface area contributed by atoms with Gasteiger partial charge in [0.15, 0.2) is 4.90 Å². The molecule has 2 rings (SSSR count). The van der Waals surface area contributed by atoms with Gasteiger partial charge in [-0.05, 0) is 0 Å². The third-order valence-corrected chi connectivity index (χ3v) is 3.10. The summed E-state index contributed by atoms with van der Waals surface area (Å²) in [7, 11) is -3.89. The van der Waals surface area contributed by atoms with Crippen LogP contribution < -0.4 is 15.2 Å². The van der Waals surface area contributed by atoms with Crippen molar-refractivity contribution in [3.05, 3.63) is 6.20 Å². The van der Waals surface area contributed by atoms with Crippen molar-refractivity contribution in [2.75, 3.05) is 6.61 Å². The number of aromatic nitrogens is 2. The summed E-state index contributed by atoms with van der Waals surface area (Å²) >= 11 is 0. The molecule has 1 unspecified atom stereocenters. The molecule has 10 heteroatoms. The molecule has 0 radical (unpaired) electrons. The predicted molar refractivity (Wildman–Crippen MR) is 54.0 cm³/mol. The Bertz CT molecular complexity index is 551. The van der Waals surface area contributed by atoms with E-state index in [0.717, 1.165) is 6.20 Å². The number of ether oxygens (including phenoxy) is 1. The van der Waals surface area contributed by atoms with E-state index in [0.29, 0.717) is 0 Å². The van der Waals surface area contributed by atoms with E-state index in [9.17, 15) is 13.2 Å². The van der Waals surface area contributed by atoms with E-state index < -0.39 is 22.2 Å². The number of nitrogens with one attached hydrogen (secondary N) is 1. The SMILES string of the molecule is NS(=O)(=O)c1cnn2c1OCC(NC(=O)O)C2. The lowest BCUT2D eigenvalue weighted by Crippen LogP contribution is -2.44. The maximum absolute atomic E-state index is 11.2. The summed E-state index contributed by atoms with van der Waals surface area (Å²) in [6.45, 7) is 0.220. The molecule has 17 heavy (non-hydrogen) atoms. The molecule has 1 aromatic rings. The molecule has 1 atom stereocenters. The van der Waals surface area contributed by atoms with Crippen LogP contribution in [0.2, 0.25) is 0 Å². The first kappa shape index (κ1) is 11.7. The van der Waals surface area contributed by atoms with Gasteiger partial charge in [-0.25, -0.2) is 23.0 Å². The number of primary sulfonamides is 1. The first-order chi connectivity index (χ1) is 7.88. The average molecular weight is 262 g/mol. The van der Waals surface area contributed by atoms with Gasteiger partial charge in [-0.15, -0.1) is 0 Å². The molecule has 94 valence electrons. The molecule has 0 saturated heterocycles. The van der Waals surface area contributed by atoms with Crippen LogP contribution in [0, 0.1) is 0 Å². The van der Waals surface area contributed by atoms with Gasteiger partial charge in [0.2, 0.25) is 15.9 Å². The molecule has 0 spiro atoms. The highest BCUT2D eigenvalue weighted by Gasteiger charge is 2.28. The van der Waals surface area contributed by atoms with E-state index in [1.807, 2.05) is 0 Å². The Kier molecular flexibility index (Phi) is 2.67. The van der Waals surface area contributed by atoms with Crippen LogP contribution in [-0.2, 0) is 16.6 Å². The lowest BCUT2D eigenvalue weighted by Gasteiger charge is -2.24. The highest BCUT2D eigenvalue weighted by molar-refractivity contribution is 7.89. The zero-order chi connectivity index (χ0) is 12.6. The number of nitrogens with two attached hydrogens (primary N) is 1. The van der Waals surface area contributed by atoms with Gasteiger partial charge >= 0.3 is 6.09 Å². The Morgan fingerprint density at radius 2 is 2.41 bits per heavy atom. The van der Waals surface area contributed by atoms with Crippen LogP contribution in [0.15, 0.2) is 11.1 Å². The minimum absolute atomic E-state index is 0.0283. The van der Waals surface area contributed by atoms with Crippen LogP contribution in [0.25, 0.3) is 0 Å². The van der Waals surface area contributed by atoms with Crippen molar-refractivity contribution in [2.45, 2.75) is 17.5 Å². The highest BCUT2D eigenvalue weighted by Crippen LogP contribution is 2.25. The average Bonchev–Trinajstić information content (AvgIpc) is 2.58. The maximum atomic E-state index is 11.2. The van der Waals surface area contributed by atoms with E-state index in [4.69, 9.17) is 15.0 Å². The zero-order valence-electron chi connectivity index (χ0n) is 8.53. The molecule has 1 amide bonds. The molecule has 1 aliphatic rings. The molecule has 0 aromatic carbocycles. The maximum Gasteiger partial charge on any atom is 0.405 e. The first-order valence-electron chi connectivity index (χ1n) is 4.59. The van der Waals surface area contributed by atoms with E-state index in [1.54, 1.807) is 0 Å². The number of fused-ring (bicyclic) bond motifs is 1. The fourth-order valence-electron chi connectivity index (χ4n) is 1.53.